The lowest BCUT2D eigenvalue weighted by molar-refractivity contribution is 0.101. The predicted molar refractivity (Wildman–Crippen MR) is 64.5 cm³/mol. The molecule has 3 heteroatoms. The van der Waals surface area contributed by atoms with E-state index in [4.69, 9.17) is 5.26 Å². The first-order chi connectivity index (χ1) is 7.54. The van der Waals surface area contributed by atoms with Crippen molar-refractivity contribution in [1.29, 1.82) is 5.26 Å². The zero-order valence-corrected chi connectivity index (χ0v) is 9.90. The second-order valence-corrected chi connectivity index (χ2v) is 4.01. The van der Waals surface area contributed by atoms with Crippen molar-refractivity contribution in [2.75, 3.05) is 18.5 Å². The summed E-state index contributed by atoms with van der Waals surface area (Å²) in [5, 5.41) is 8.73. The van der Waals surface area contributed by atoms with Crippen LogP contribution >= 0.6 is 0 Å². The Bertz CT molecular complexity index is 403. The van der Waals surface area contributed by atoms with Crippen molar-refractivity contribution in [2.24, 2.45) is 5.92 Å². The molecular formula is C13H16N2O. The third-order valence-corrected chi connectivity index (χ3v) is 2.48. The molecule has 0 amide bonds. The molecular weight excluding hydrogens is 200 g/mol. The maximum Gasteiger partial charge on any atom is 0.159 e. The molecule has 3 nitrogen and oxygen atoms in total. The number of hydrogen-bond donors (Lipinski definition) is 0. The molecule has 0 bridgehead atoms. The Labute approximate surface area is 96.3 Å². The zero-order chi connectivity index (χ0) is 12.1. The van der Waals surface area contributed by atoms with Crippen LogP contribution in [0.1, 0.15) is 24.2 Å². The van der Waals surface area contributed by atoms with Crippen molar-refractivity contribution in [2.45, 2.75) is 13.8 Å². The van der Waals surface area contributed by atoms with Crippen molar-refractivity contribution in [3.05, 3.63) is 29.8 Å². The molecule has 1 atom stereocenters. The average molecular weight is 216 g/mol. The Balaban J connectivity index is 2.74. The summed E-state index contributed by atoms with van der Waals surface area (Å²) in [4.78, 5) is 13.1. The van der Waals surface area contributed by atoms with Crippen molar-refractivity contribution < 1.29 is 4.79 Å². The molecule has 0 N–H and O–H groups in total. The first-order valence-corrected chi connectivity index (χ1v) is 5.26. The fraction of sp³-hybridized carbons (Fsp3) is 0.385. The summed E-state index contributed by atoms with van der Waals surface area (Å²) in [6, 6.07) is 9.63. The van der Waals surface area contributed by atoms with Crippen molar-refractivity contribution in [3.63, 3.8) is 0 Å². The molecule has 1 aromatic rings. The van der Waals surface area contributed by atoms with Gasteiger partial charge in [-0.25, -0.2) is 0 Å². The molecule has 0 saturated carbocycles. The van der Waals surface area contributed by atoms with E-state index in [1.54, 1.807) is 6.92 Å². The Morgan fingerprint density at radius 2 is 2.00 bits per heavy atom. The third-order valence-electron chi connectivity index (χ3n) is 2.48. The molecule has 0 heterocycles. The van der Waals surface area contributed by atoms with Crippen molar-refractivity contribution in [1.82, 2.24) is 0 Å². The fourth-order valence-electron chi connectivity index (χ4n) is 1.51. The van der Waals surface area contributed by atoms with E-state index in [0.717, 1.165) is 5.69 Å². The van der Waals surface area contributed by atoms with Gasteiger partial charge in [0.1, 0.15) is 0 Å². The van der Waals surface area contributed by atoms with Gasteiger partial charge in [-0.1, -0.05) is 0 Å². The molecule has 0 spiro atoms. The SMILES string of the molecule is CC(=O)c1ccc(N(C)CC(C)C#N)cc1. The molecule has 0 aliphatic heterocycles. The Kier molecular flexibility index (Phi) is 4.07. The van der Waals surface area contributed by atoms with Crippen LogP contribution < -0.4 is 4.90 Å². The molecule has 0 radical (unpaired) electrons. The van der Waals surface area contributed by atoms with E-state index in [9.17, 15) is 4.79 Å². The number of nitrogens with zero attached hydrogens (tertiary/aromatic N) is 2. The number of rotatable bonds is 4. The minimum absolute atomic E-state index is 0.00233. The van der Waals surface area contributed by atoms with Gasteiger partial charge < -0.3 is 4.90 Å². The third kappa shape index (κ3) is 3.09. The van der Waals surface area contributed by atoms with Crippen molar-refractivity contribution in [3.8, 4) is 6.07 Å². The Morgan fingerprint density at radius 1 is 1.44 bits per heavy atom. The summed E-state index contributed by atoms with van der Waals surface area (Å²) in [6.45, 7) is 4.13. The topological polar surface area (TPSA) is 44.1 Å². The fourth-order valence-corrected chi connectivity index (χ4v) is 1.51. The summed E-state index contributed by atoms with van der Waals surface area (Å²) < 4.78 is 0. The summed E-state index contributed by atoms with van der Waals surface area (Å²) in [7, 11) is 1.94. The van der Waals surface area contributed by atoms with Gasteiger partial charge in [0.15, 0.2) is 5.78 Å². The number of benzene rings is 1. The molecule has 0 fully saturated rings. The smallest absolute Gasteiger partial charge is 0.159 e. The van der Waals surface area contributed by atoms with Gasteiger partial charge >= 0.3 is 0 Å². The lowest BCUT2D eigenvalue weighted by Crippen LogP contribution is -2.23. The number of carbonyl (C=O) groups excluding carboxylic acids is 1. The van der Waals surface area contributed by atoms with Crippen LogP contribution in [0, 0.1) is 17.2 Å². The van der Waals surface area contributed by atoms with Crippen LogP contribution in [0.2, 0.25) is 0 Å². The average Bonchev–Trinajstić information content (AvgIpc) is 2.28. The lowest BCUT2D eigenvalue weighted by atomic mass is 10.1. The molecule has 1 rings (SSSR count). The number of carbonyl (C=O) groups is 1. The van der Waals surface area contributed by atoms with E-state index >= 15 is 0 Å². The number of hydrogen-bond acceptors (Lipinski definition) is 3. The maximum absolute atomic E-state index is 11.1. The highest BCUT2D eigenvalue weighted by Crippen LogP contribution is 2.15. The minimum atomic E-state index is -0.00233. The van der Waals surface area contributed by atoms with Gasteiger partial charge in [0.05, 0.1) is 12.0 Å². The summed E-state index contributed by atoms with van der Waals surface area (Å²) in [5.41, 5.74) is 1.73. The summed E-state index contributed by atoms with van der Waals surface area (Å²) in [6.07, 6.45) is 0. The quantitative estimate of drug-likeness (QED) is 0.726. The number of nitriles is 1. The standard InChI is InChI=1S/C13H16N2O/c1-10(8-14)9-15(3)13-6-4-12(5-7-13)11(2)16/h4-7,10H,9H2,1-3H3. The van der Waals surface area contributed by atoms with Crippen LogP contribution in [-0.4, -0.2) is 19.4 Å². The molecule has 1 aromatic carbocycles. The molecule has 0 aliphatic carbocycles. The number of ketones is 1. The molecule has 0 aromatic heterocycles. The lowest BCUT2D eigenvalue weighted by Gasteiger charge is -2.20. The Hall–Kier alpha value is -1.82. The first-order valence-electron chi connectivity index (χ1n) is 5.26. The molecule has 16 heavy (non-hydrogen) atoms. The van der Waals surface area contributed by atoms with Gasteiger partial charge in [0.25, 0.3) is 0 Å². The first kappa shape index (κ1) is 12.3. The van der Waals surface area contributed by atoms with Crippen molar-refractivity contribution >= 4 is 11.5 Å². The maximum atomic E-state index is 11.1. The van der Waals surface area contributed by atoms with Crippen LogP contribution in [0.3, 0.4) is 0 Å². The van der Waals surface area contributed by atoms with Gasteiger partial charge in [-0.2, -0.15) is 5.26 Å². The highest BCUT2D eigenvalue weighted by molar-refractivity contribution is 5.94. The summed E-state index contributed by atoms with van der Waals surface area (Å²) >= 11 is 0. The van der Waals surface area contributed by atoms with Gasteiger partial charge in [-0.15, -0.1) is 0 Å². The van der Waals surface area contributed by atoms with Crippen LogP contribution in [0.4, 0.5) is 5.69 Å². The van der Waals surface area contributed by atoms with Crippen LogP contribution in [0.15, 0.2) is 24.3 Å². The van der Waals surface area contributed by atoms with Gasteiger partial charge in [-0.3, -0.25) is 4.79 Å². The number of Topliss-reactive ketones (excluding diaryl/α,β-unsaturated/α-hetero) is 1. The second kappa shape index (κ2) is 5.32. The summed E-state index contributed by atoms with van der Waals surface area (Å²) in [5.74, 6) is 0.0667. The number of anilines is 1. The van der Waals surface area contributed by atoms with E-state index in [1.807, 2.05) is 43.1 Å². The van der Waals surface area contributed by atoms with Gasteiger partial charge in [0.2, 0.25) is 0 Å². The van der Waals surface area contributed by atoms with Gasteiger partial charge in [-0.05, 0) is 38.1 Å². The van der Waals surface area contributed by atoms with Gasteiger partial charge in [0, 0.05) is 24.8 Å². The van der Waals surface area contributed by atoms with E-state index in [2.05, 4.69) is 6.07 Å². The zero-order valence-electron chi connectivity index (χ0n) is 9.90. The molecule has 84 valence electrons. The second-order valence-electron chi connectivity index (χ2n) is 4.01. The van der Waals surface area contributed by atoms with E-state index in [1.165, 1.54) is 0 Å². The van der Waals surface area contributed by atoms with E-state index < -0.39 is 0 Å². The largest absolute Gasteiger partial charge is 0.373 e. The Morgan fingerprint density at radius 3 is 2.44 bits per heavy atom. The minimum Gasteiger partial charge on any atom is -0.373 e. The molecule has 0 aliphatic rings. The van der Waals surface area contributed by atoms with Crippen LogP contribution in [0.5, 0.6) is 0 Å². The normalized spacial score (nSPS) is 11.6. The monoisotopic (exact) mass is 216 g/mol. The van der Waals surface area contributed by atoms with Crippen LogP contribution in [-0.2, 0) is 0 Å². The van der Waals surface area contributed by atoms with E-state index in [-0.39, 0.29) is 11.7 Å². The van der Waals surface area contributed by atoms with Crippen LogP contribution in [0.25, 0.3) is 0 Å². The molecule has 1 unspecified atom stereocenters. The van der Waals surface area contributed by atoms with E-state index in [0.29, 0.717) is 12.1 Å². The highest BCUT2D eigenvalue weighted by atomic mass is 16.1. The predicted octanol–water partition coefficient (Wildman–Crippen LogP) is 2.49. The molecule has 0 saturated heterocycles. The highest BCUT2D eigenvalue weighted by Gasteiger charge is 2.06.